The van der Waals surface area contributed by atoms with Gasteiger partial charge in [0.1, 0.15) is 11.5 Å². The number of hydrogen-bond acceptors (Lipinski definition) is 4. The Morgan fingerprint density at radius 3 is 2.34 bits per heavy atom. The number of nitrogens with zero attached hydrogens (tertiary/aromatic N) is 2. The van der Waals surface area contributed by atoms with Gasteiger partial charge in [0.05, 0.1) is 5.69 Å². The molecule has 2 aromatic carbocycles. The summed E-state index contributed by atoms with van der Waals surface area (Å²) >= 11 is 0. The SMILES string of the molecule is NC(=O)c1c(-c2ccc(F)cc2)cc(-c2cccnc2)n1Cc1ccc(C(=O)NO)cc1. The van der Waals surface area contributed by atoms with E-state index in [0.29, 0.717) is 22.4 Å². The standard InChI is InChI=1S/C24H19FN4O3/c25-19-9-7-16(8-10-19)20-12-21(18-2-1-11-27-13-18)29(22(20)23(26)30)14-15-3-5-17(6-4-15)24(31)28-32/h1-13,32H,14H2,(H2,26,30)(H,28,31). The number of halogens is 1. The highest BCUT2D eigenvalue weighted by Crippen LogP contribution is 2.33. The van der Waals surface area contributed by atoms with E-state index in [1.807, 2.05) is 12.1 Å². The number of primary amides is 1. The molecular formula is C24H19FN4O3. The molecule has 0 spiro atoms. The average molecular weight is 430 g/mol. The van der Waals surface area contributed by atoms with E-state index in [-0.39, 0.29) is 18.1 Å². The molecule has 0 aliphatic carbocycles. The van der Waals surface area contributed by atoms with Crippen LogP contribution in [-0.2, 0) is 6.54 Å². The Balaban J connectivity index is 1.86. The summed E-state index contributed by atoms with van der Waals surface area (Å²) in [6.45, 7) is 0.282. The Morgan fingerprint density at radius 1 is 1.03 bits per heavy atom. The lowest BCUT2D eigenvalue weighted by molar-refractivity contribution is 0.0706. The smallest absolute Gasteiger partial charge is 0.274 e. The van der Waals surface area contributed by atoms with Crippen LogP contribution in [0.1, 0.15) is 26.4 Å². The minimum absolute atomic E-state index is 0.271. The number of nitrogens with two attached hydrogens (primary N) is 1. The van der Waals surface area contributed by atoms with E-state index in [4.69, 9.17) is 10.9 Å². The zero-order valence-electron chi connectivity index (χ0n) is 16.8. The first kappa shape index (κ1) is 21.0. The Hall–Kier alpha value is -4.30. The van der Waals surface area contributed by atoms with Gasteiger partial charge in [0.15, 0.2) is 0 Å². The molecule has 4 N–H and O–H groups in total. The molecule has 32 heavy (non-hydrogen) atoms. The second kappa shape index (κ2) is 8.83. The second-order valence-corrected chi connectivity index (χ2v) is 7.13. The van der Waals surface area contributed by atoms with Gasteiger partial charge in [0, 0.05) is 35.6 Å². The predicted molar refractivity (Wildman–Crippen MR) is 116 cm³/mol. The molecule has 0 radical (unpaired) electrons. The van der Waals surface area contributed by atoms with Gasteiger partial charge in [-0.05, 0) is 53.6 Å². The monoisotopic (exact) mass is 430 g/mol. The van der Waals surface area contributed by atoms with Gasteiger partial charge in [-0.3, -0.25) is 19.8 Å². The highest BCUT2D eigenvalue weighted by molar-refractivity contribution is 6.00. The number of hydroxylamine groups is 1. The number of rotatable bonds is 6. The van der Waals surface area contributed by atoms with E-state index in [1.54, 1.807) is 64.9 Å². The molecule has 160 valence electrons. The van der Waals surface area contributed by atoms with Crippen molar-refractivity contribution in [3.63, 3.8) is 0 Å². The highest BCUT2D eigenvalue weighted by atomic mass is 19.1. The summed E-state index contributed by atoms with van der Waals surface area (Å²) in [6, 6.07) is 17.9. The van der Waals surface area contributed by atoms with Crippen molar-refractivity contribution in [1.29, 1.82) is 0 Å². The normalized spacial score (nSPS) is 10.7. The van der Waals surface area contributed by atoms with Crippen LogP contribution in [0.15, 0.2) is 79.1 Å². The number of aromatic nitrogens is 2. The molecule has 0 aliphatic heterocycles. The minimum atomic E-state index is -0.629. The fourth-order valence-electron chi connectivity index (χ4n) is 3.59. The van der Waals surface area contributed by atoms with Gasteiger partial charge >= 0.3 is 0 Å². The van der Waals surface area contributed by atoms with Crippen molar-refractivity contribution in [1.82, 2.24) is 15.0 Å². The Kier molecular flexibility index (Phi) is 5.78. The highest BCUT2D eigenvalue weighted by Gasteiger charge is 2.22. The first-order chi connectivity index (χ1) is 15.5. The number of amides is 2. The average Bonchev–Trinajstić information content (AvgIpc) is 3.19. The molecule has 0 fully saturated rings. The number of hydrogen-bond donors (Lipinski definition) is 3. The van der Waals surface area contributed by atoms with Crippen LogP contribution >= 0.6 is 0 Å². The van der Waals surface area contributed by atoms with Crippen molar-refractivity contribution >= 4 is 11.8 Å². The van der Waals surface area contributed by atoms with Crippen LogP contribution in [-0.4, -0.2) is 26.6 Å². The van der Waals surface area contributed by atoms with E-state index in [0.717, 1.165) is 11.1 Å². The molecule has 2 heterocycles. The Morgan fingerprint density at radius 2 is 1.75 bits per heavy atom. The van der Waals surface area contributed by atoms with Crippen molar-refractivity contribution in [3.8, 4) is 22.4 Å². The number of nitrogens with one attached hydrogen (secondary N) is 1. The quantitative estimate of drug-likeness (QED) is 0.320. The molecule has 8 heteroatoms. The lowest BCUT2D eigenvalue weighted by Crippen LogP contribution is -2.19. The zero-order chi connectivity index (χ0) is 22.7. The lowest BCUT2D eigenvalue weighted by atomic mass is 10.0. The molecule has 0 saturated heterocycles. The maximum atomic E-state index is 13.5. The second-order valence-electron chi connectivity index (χ2n) is 7.13. The summed E-state index contributed by atoms with van der Waals surface area (Å²) in [5.41, 5.74) is 11.4. The molecule has 2 aromatic heterocycles. The van der Waals surface area contributed by atoms with Crippen molar-refractivity contribution in [3.05, 3.63) is 102 Å². The van der Waals surface area contributed by atoms with Crippen LogP contribution in [0, 0.1) is 5.82 Å². The molecule has 2 amide bonds. The van der Waals surface area contributed by atoms with E-state index in [9.17, 15) is 14.0 Å². The third kappa shape index (κ3) is 4.12. The van der Waals surface area contributed by atoms with Crippen LogP contribution in [0.4, 0.5) is 4.39 Å². The third-order valence-corrected chi connectivity index (χ3v) is 5.10. The third-order valence-electron chi connectivity index (χ3n) is 5.10. The summed E-state index contributed by atoms with van der Waals surface area (Å²) in [7, 11) is 0. The van der Waals surface area contributed by atoms with Gasteiger partial charge in [0.25, 0.3) is 11.8 Å². The first-order valence-corrected chi connectivity index (χ1v) is 9.71. The van der Waals surface area contributed by atoms with Crippen LogP contribution in [0.2, 0.25) is 0 Å². The fraction of sp³-hybridized carbons (Fsp3) is 0.0417. The van der Waals surface area contributed by atoms with Crippen LogP contribution in [0.25, 0.3) is 22.4 Å². The molecule has 7 nitrogen and oxygen atoms in total. The maximum Gasteiger partial charge on any atom is 0.274 e. The van der Waals surface area contributed by atoms with Gasteiger partial charge in [0.2, 0.25) is 0 Å². The molecule has 4 rings (SSSR count). The van der Waals surface area contributed by atoms with Crippen molar-refractivity contribution < 1.29 is 19.2 Å². The van der Waals surface area contributed by atoms with E-state index in [1.165, 1.54) is 12.1 Å². The Bertz CT molecular complexity index is 1270. The van der Waals surface area contributed by atoms with Crippen molar-refractivity contribution in [2.45, 2.75) is 6.54 Å². The Labute approximate surface area is 182 Å². The van der Waals surface area contributed by atoms with Crippen molar-refractivity contribution in [2.75, 3.05) is 0 Å². The van der Waals surface area contributed by atoms with Gasteiger partial charge in [-0.15, -0.1) is 0 Å². The summed E-state index contributed by atoms with van der Waals surface area (Å²) in [4.78, 5) is 28.3. The molecular weight excluding hydrogens is 411 g/mol. The predicted octanol–water partition coefficient (Wildman–Crippen LogP) is 3.62. The number of carbonyl (C=O) groups excluding carboxylic acids is 2. The topological polar surface area (TPSA) is 110 Å². The maximum absolute atomic E-state index is 13.5. The summed E-state index contributed by atoms with van der Waals surface area (Å²) < 4.78 is 15.2. The zero-order valence-corrected chi connectivity index (χ0v) is 16.8. The van der Waals surface area contributed by atoms with Crippen LogP contribution < -0.4 is 11.2 Å². The largest absolute Gasteiger partial charge is 0.364 e. The molecule has 0 unspecified atom stereocenters. The number of carbonyl (C=O) groups is 2. The van der Waals surface area contributed by atoms with Gasteiger partial charge in [-0.1, -0.05) is 24.3 Å². The fourth-order valence-corrected chi connectivity index (χ4v) is 3.59. The number of benzene rings is 2. The molecule has 0 aliphatic rings. The molecule has 0 saturated carbocycles. The van der Waals surface area contributed by atoms with Gasteiger partial charge in [-0.2, -0.15) is 0 Å². The van der Waals surface area contributed by atoms with Gasteiger partial charge in [-0.25, -0.2) is 9.87 Å². The summed E-state index contributed by atoms with van der Waals surface area (Å²) in [6.07, 6.45) is 3.33. The summed E-state index contributed by atoms with van der Waals surface area (Å²) in [5, 5.41) is 8.80. The summed E-state index contributed by atoms with van der Waals surface area (Å²) in [5.74, 6) is -1.63. The first-order valence-electron chi connectivity index (χ1n) is 9.71. The van der Waals surface area contributed by atoms with Crippen LogP contribution in [0.5, 0.6) is 0 Å². The van der Waals surface area contributed by atoms with Crippen LogP contribution in [0.3, 0.4) is 0 Å². The van der Waals surface area contributed by atoms with E-state index < -0.39 is 11.8 Å². The molecule has 4 aromatic rings. The molecule has 0 atom stereocenters. The molecule has 0 bridgehead atoms. The minimum Gasteiger partial charge on any atom is -0.364 e. The van der Waals surface area contributed by atoms with E-state index >= 15 is 0 Å². The lowest BCUT2D eigenvalue weighted by Gasteiger charge is -2.13. The van der Waals surface area contributed by atoms with Crippen molar-refractivity contribution in [2.24, 2.45) is 5.73 Å². The van der Waals surface area contributed by atoms with Gasteiger partial charge < -0.3 is 10.3 Å². The van der Waals surface area contributed by atoms with E-state index in [2.05, 4.69) is 4.98 Å². The number of pyridine rings is 1.